The molecule has 5 nitrogen and oxygen atoms in total. The van der Waals surface area contributed by atoms with Crippen LogP contribution < -0.4 is 4.90 Å². The molecule has 5 heteroatoms. The Kier molecular flexibility index (Phi) is 8.68. The monoisotopic (exact) mass is 351 g/mol. The zero-order valence-corrected chi connectivity index (χ0v) is 15.0. The summed E-state index contributed by atoms with van der Waals surface area (Å²) in [5.41, 5.74) is 1.09. The van der Waals surface area contributed by atoms with Gasteiger partial charge >= 0.3 is 0 Å². The van der Waals surface area contributed by atoms with Crippen LogP contribution in [-0.4, -0.2) is 57.9 Å². The van der Waals surface area contributed by atoms with E-state index in [0.717, 1.165) is 18.8 Å². The fourth-order valence-electron chi connectivity index (χ4n) is 3.35. The van der Waals surface area contributed by atoms with E-state index in [1.807, 2.05) is 30.3 Å². The Balaban J connectivity index is 2.00. The first-order chi connectivity index (χ1) is 12.0. The lowest BCUT2D eigenvalue weighted by Crippen LogP contribution is -2.30. The molecule has 0 bridgehead atoms. The van der Waals surface area contributed by atoms with Crippen LogP contribution in [0.15, 0.2) is 30.3 Å². The summed E-state index contributed by atoms with van der Waals surface area (Å²) >= 11 is 0. The van der Waals surface area contributed by atoms with Gasteiger partial charge in [-0.2, -0.15) is 0 Å². The normalized spacial score (nSPS) is 31.1. The third-order valence-electron chi connectivity index (χ3n) is 5.09. The van der Waals surface area contributed by atoms with Crippen LogP contribution in [0.3, 0.4) is 0 Å². The number of anilines is 1. The van der Waals surface area contributed by atoms with Crippen LogP contribution in [0.1, 0.15) is 51.4 Å². The van der Waals surface area contributed by atoms with Crippen LogP contribution in [-0.2, 0) is 0 Å². The van der Waals surface area contributed by atoms with Crippen molar-refractivity contribution in [2.45, 2.75) is 75.8 Å². The summed E-state index contributed by atoms with van der Waals surface area (Å²) in [4.78, 5) is 2.19. The largest absolute Gasteiger partial charge is 0.393 e. The van der Waals surface area contributed by atoms with Crippen LogP contribution in [0.4, 0.5) is 5.69 Å². The zero-order valence-electron chi connectivity index (χ0n) is 15.0. The van der Waals surface area contributed by atoms with Gasteiger partial charge in [0.05, 0.1) is 24.4 Å². The summed E-state index contributed by atoms with van der Waals surface area (Å²) in [7, 11) is 0. The van der Waals surface area contributed by atoms with E-state index in [2.05, 4.69) is 4.90 Å². The van der Waals surface area contributed by atoms with Crippen LogP contribution in [0, 0.1) is 0 Å². The average Bonchev–Trinajstić information content (AvgIpc) is 2.63. The smallest absolute Gasteiger partial charge is 0.0558 e. The molecule has 0 radical (unpaired) electrons. The molecule has 0 aliphatic carbocycles. The highest BCUT2D eigenvalue weighted by molar-refractivity contribution is 5.45. The van der Waals surface area contributed by atoms with E-state index in [4.69, 9.17) is 0 Å². The minimum atomic E-state index is -0.482. The summed E-state index contributed by atoms with van der Waals surface area (Å²) in [6, 6.07) is 10.0. The molecule has 1 saturated heterocycles. The van der Waals surface area contributed by atoms with Gasteiger partial charge in [-0.1, -0.05) is 18.2 Å². The highest BCUT2D eigenvalue weighted by Crippen LogP contribution is 2.19. The third kappa shape index (κ3) is 7.74. The Morgan fingerprint density at radius 2 is 0.920 bits per heavy atom. The van der Waals surface area contributed by atoms with Crippen molar-refractivity contribution in [3.05, 3.63) is 30.3 Å². The summed E-state index contributed by atoms with van der Waals surface area (Å²) in [5.74, 6) is 0. The maximum atomic E-state index is 10.2. The second-order valence-corrected chi connectivity index (χ2v) is 7.25. The Bertz CT molecular complexity index is 446. The lowest BCUT2D eigenvalue weighted by Gasteiger charge is -2.27. The number of hydrogen-bond acceptors (Lipinski definition) is 5. The summed E-state index contributed by atoms with van der Waals surface area (Å²) in [6.07, 6.45) is 2.77. The van der Waals surface area contributed by atoms with Crippen molar-refractivity contribution in [3.63, 3.8) is 0 Å². The highest BCUT2D eigenvalue weighted by Gasteiger charge is 2.17. The first kappa shape index (κ1) is 20.2. The number of aliphatic hydroxyl groups excluding tert-OH is 4. The lowest BCUT2D eigenvalue weighted by molar-refractivity contribution is 0.0758. The number of benzene rings is 1. The molecule has 1 fully saturated rings. The molecule has 1 aromatic carbocycles. The van der Waals surface area contributed by atoms with E-state index in [0.29, 0.717) is 51.4 Å². The molecule has 0 spiro atoms. The Hall–Kier alpha value is -1.14. The Labute approximate surface area is 150 Å². The van der Waals surface area contributed by atoms with E-state index in [-0.39, 0.29) is 0 Å². The van der Waals surface area contributed by atoms with E-state index in [1.165, 1.54) is 0 Å². The summed E-state index contributed by atoms with van der Waals surface area (Å²) in [6.45, 7) is 1.44. The van der Waals surface area contributed by atoms with Gasteiger partial charge in [-0.15, -0.1) is 0 Å². The SMILES string of the molecule is OC1CCC(O)CCC(O)CCN(c2ccccc2)CCC(O)CC1. The van der Waals surface area contributed by atoms with Gasteiger partial charge in [-0.05, 0) is 63.5 Å². The molecule has 4 N–H and O–H groups in total. The quantitative estimate of drug-likeness (QED) is 0.622. The topological polar surface area (TPSA) is 84.2 Å². The summed E-state index contributed by atoms with van der Waals surface area (Å²) in [5, 5.41) is 40.5. The first-order valence-electron chi connectivity index (χ1n) is 9.57. The first-order valence-corrected chi connectivity index (χ1v) is 9.57. The van der Waals surface area contributed by atoms with Crippen LogP contribution in [0.5, 0.6) is 0 Å². The zero-order chi connectivity index (χ0) is 18.1. The molecule has 25 heavy (non-hydrogen) atoms. The molecular formula is C20H33NO4. The molecule has 0 aromatic heterocycles. The minimum absolute atomic E-state index is 0.444. The van der Waals surface area contributed by atoms with E-state index >= 15 is 0 Å². The molecule has 4 atom stereocenters. The van der Waals surface area contributed by atoms with E-state index in [1.54, 1.807) is 0 Å². The predicted molar refractivity (Wildman–Crippen MR) is 99.6 cm³/mol. The standard InChI is InChI=1S/C20H33NO4/c22-17-6-7-18(23)9-11-20(25)13-15-21(14-12-19(24)10-8-17)16-4-2-1-3-5-16/h1-5,17-20,22-25H,6-15H2. The van der Waals surface area contributed by atoms with E-state index < -0.39 is 24.4 Å². The van der Waals surface area contributed by atoms with Gasteiger partial charge in [0.2, 0.25) is 0 Å². The van der Waals surface area contributed by atoms with Gasteiger partial charge in [0.1, 0.15) is 0 Å². The second-order valence-electron chi connectivity index (χ2n) is 7.25. The molecule has 1 heterocycles. The number of hydrogen-bond donors (Lipinski definition) is 4. The van der Waals surface area contributed by atoms with Crippen molar-refractivity contribution < 1.29 is 20.4 Å². The van der Waals surface area contributed by atoms with Crippen molar-refractivity contribution in [1.29, 1.82) is 0 Å². The van der Waals surface area contributed by atoms with Gasteiger partial charge in [0.25, 0.3) is 0 Å². The van der Waals surface area contributed by atoms with Gasteiger partial charge in [-0.25, -0.2) is 0 Å². The average molecular weight is 351 g/mol. The van der Waals surface area contributed by atoms with Gasteiger partial charge < -0.3 is 25.3 Å². The fraction of sp³-hybridized carbons (Fsp3) is 0.700. The fourth-order valence-corrected chi connectivity index (χ4v) is 3.35. The third-order valence-corrected chi connectivity index (χ3v) is 5.09. The van der Waals surface area contributed by atoms with Crippen molar-refractivity contribution >= 4 is 5.69 Å². The molecule has 0 saturated carbocycles. The Morgan fingerprint density at radius 3 is 1.32 bits per heavy atom. The van der Waals surface area contributed by atoms with Gasteiger partial charge in [-0.3, -0.25) is 0 Å². The van der Waals surface area contributed by atoms with Gasteiger partial charge in [0, 0.05) is 18.8 Å². The van der Waals surface area contributed by atoms with Crippen molar-refractivity contribution in [2.24, 2.45) is 0 Å². The minimum Gasteiger partial charge on any atom is -0.393 e. The van der Waals surface area contributed by atoms with E-state index in [9.17, 15) is 20.4 Å². The second kappa shape index (κ2) is 10.8. The lowest BCUT2D eigenvalue weighted by atomic mass is 10.00. The van der Waals surface area contributed by atoms with Crippen molar-refractivity contribution in [3.8, 4) is 0 Å². The van der Waals surface area contributed by atoms with Crippen LogP contribution in [0.2, 0.25) is 0 Å². The maximum Gasteiger partial charge on any atom is 0.0558 e. The molecule has 1 aliphatic heterocycles. The maximum absolute atomic E-state index is 10.2. The number of nitrogens with zero attached hydrogens (tertiary/aromatic N) is 1. The van der Waals surface area contributed by atoms with Crippen molar-refractivity contribution in [2.75, 3.05) is 18.0 Å². The molecular weight excluding hydrogens is 318 g/mol. The van der Waals surface area contributed by atoms with Crippen molar-refractivity contribution in [1.82, 2.24) is 0 Å². The molecule has 2 rings (SSSR count). The Morgan fingerprint density at radius 1 is 0.560 bits per heavy atom. The number of aliphatic hydroxyl groups is 4. The summed E-state index contributed by atoms with van der Waals surface area (Å²) < 4.78 is 0. The predicted octanol–water partition coefficient (Wildman–Crippen LogP) is 2.07. The molecule has 142 valence electrons. The molecule has 0 amide bonds. The number of para-hydroxylation sites is 1. The number of rotatable bonds is 1. The van der Waals surface area contributed by atoms with Crippen LogP contribution >= 0.6 is 0 Å². The van der Waals surface area contributed by atoms with Gasteiger partial charge in [0.15, 0.2) is 0 Å². The molecule has 4 unspecified atom stereocenters. The molecule has 1 aliphatic rings. The molecule has 1 aromatic rings. The van der Waals surface area contributed by atoms with Crippen LogP contribution in [0.25, 0.3) is 0 Å². The highest BCUT2D eigenvalue weighted by atomic mass is 16.3.